The maximum absolute atomic E-state index is 4.91. The number of nitrogens with zero attached hydrogens (tertiary/aromatic N) is 5. The Balaban J connectivity index is 1.94. The second-order valence-electron chi connectivity index (χ2n) is 6.31. The van der Waals surface area contributed by atoms with Crippen molar-refractivity contribution in [1.82, 2.24) is 19.5 Å². The maximum Gasteiger partial charge on any atom is 0.227 e. The van der Waals surface area contributed by atoms with Gasteiger partial charge in [-0.3, -0.25) is 0 Å². The summed E-state index contributed by atoms with van der Waals surface area (Å²) in [5, 5.41) is 5.87. The minimum absolute atomic E-state index is 0.965. The molecule has 0 amide bonds. The fourth-order valence-electron chi connectivity index (χ4n) is 3.16. The van der Waals surface area contributed by atoms with Gasteiger partial charge in [-0.05, 0) is 39.1 Å². The number of hydrogen-bond donors (Lipinski definition) is 0. The highest BCUT2D eigenvalue weighted by Gasteiger charge is 2.20. The fourth-order valence-corrected chi connectivity index (χ4v) is 3.16. The van der Waals surface area contributed by atoms with E-state index in [9.17, 15) is 0 Å². The molecular formula is C17H21N5. The van der Waals surface area contributed by atoms with Gasteiger partial charge in [0.2, 0.25) is 5.95 Å². The van der Waals surface area contributed by atoms with Crippen LogP contribution in [-0.4, -0.2) is 52.7 Å². The van der Waals surface area contributed by atoms with Crippen molar-refractivity contribution in [3.8, 4) is 0 Å². The Labute approximate surface area is 130 Å². The van der Waals surface area contributed by atoms with Crippen molar-refractivity contribution in [3.63, 3.8) is 0 Å². The van der Waals surface area contributed by atoms with E-state index >= 15 is 0 Å². The van der Waals surface area contributed by atoms with Crippen LogP contribution in [0.2, 0.25) is 0 Å². The second-order valence-corrected chi connectivity index (χ2v) is 6.31. The van der Waals surface area contributed by atoms with Gasteiger partial charge in [-0.15, -0.1) is 0 Å². The van der Waals surface area contributed by atoms with Gasteiger partial charge >= 0.3 is 0 Å². The molecule has 0 spiro atoms. The van der Waals surface area contributed by atoms with Gasteiger partial charge in [0, 0.05) is 31.6 Å². The van der Waals surface area contributed by atoms with E-state index in [1.54, 1.807) is 0 Å². The average Bonchev–Trinajstić information content (AvgIpc) is 2.89. The number of hydrogen-bond acceptors (Lipinski definition) is 4. The molecule has 1 saturated heterocycles. The third-order valence-electron chi connectivity index (χ3n) is 4.46. The molecular weight excluding hydrogens is 274 g/mol. The summed E-state index contributed by atoms with van der Waals surface area (Å²) in [4.78, 5) is 9.61. The first-order valence-corrected chi connectivity index (χ1v) is 7.82. The third kappa shape index (κ3) is 2.13. The maximum atomic E-state index is 4.91. The van der Waals surface area contributed by atoms with Gasteiger partial charge in [-0.25, -0.2) is 4.98 Å². The van der Waals surface area contributed by atoms with E-state index < -0.39 is 0 Å². The molecule has 3 aromatic rings. The number of aryl methyl sites for hydroxylation is 2. The minimum atomic E-state index is 0.965. The SMILES string of the molecule is Cc1ccc2nc(N3CCN(C)CC3)n3nc(C)cc3c2c1. The Morgan fingerprint density at radius 2 is 1.77 bits per heavy atom. The zero-order valence-corrected chi connectivity index (χ0v) is 13.4. The molecule has 0 bridgehead atoms. The van der Waals surface area contributed by atoms with Gasteiger partial charge in [0.15, 0.2) is 0 Å². The predicted octanol–water partition coefficient (Wildman–Crippen LogP) is 2.25. The molecule has 0 unspecified atom stereocenters. The lowest BCUT2D eigenvalue weighted by Gasteiger charge is -2.33. The highest BCUT2D eigenvalue weighted by Crippen LogP contribution is 2.26. The van der Waals surface area contributed by atoms with Crippen LogP contribution >= 0.6 is 0 Å². The van der Waals surface area contributed by atoms with E-state index in [2.05, 4.69) is 53.1 Å². The van der Waals surface area contributed by atoms with E-state index in [1.165, 1.54) is 10.9 Å². The Morgan fingerprint density at radius 3 is 2.55 bits per heavy atom. The van der Waals surface area contributed by atoms with Crippen LogP contribution in [0.5, 0.6) is 0 Å². The molecule has 4 rings (SSSR count). The van der Waals surface area contributed by atoms with Crippen LogP contribution in [0.25, 0.3) is 16.4 Å². The van der Waals surface area contributed by atoms with Gasteiger partial charge in [-0.2, -0.15) is 9.61 Å². The quantitative estimate of drug-likeness (QED) is 0.690. The molecule has 0 aliphatic carbocycles. The topological polar surface area (TPSA) is 36.7 Å². The van der Waals surface area contributed by atoms with Gasteiger partial charge in [-0.1, -0.05) is 11.6 Å². The lowest BCUT2D eigenvalue weighted by molar-refractivity contribution is 0.310. The normalized spacial score (nSPS) is 16.8. The van der Waals surface area contributed by atoms with Gasteiger partial charge in [0.25, 0.3) is 0 Å². The Bertz CT molecular complexity index is 843. The van der Waals surface area contributed by atoms with Gasteiger partial charge in [0.05, 0.1) is 16.7 Å². The molecule has 0 N–H and O–H groups in total. The molecule has 0 radical (unpaired) electrons. The second kappa shape index (κ2) is 4.95. The van der Waals surface area contributed by atoms with Gasteiger partial charge < -0.3 is 9.80 Å². The Morgan fingerprint density at radius 1 is 1.00 bits per heavy atom. The van der Waals surface area contributed by atoms with E-state index in [0.717, 1.165) is 48.9 Å². The zero-order valence-electron chi connectivity index (χ0n) is 13.4. The van der Waals surface area contributed by atoms with Crippen LogP contribution in [0.3, 0.4) is 0 Å². The predicted molar refractivity (Wildman–Crippen MR) is 89.7 cm³/mol. The number of benzene rings is 1. The van der Waals surface area contributed by atoms with Crippen LogP contribution < -0.4 is 4.90 Å². The number of fused-ring (bicyclic) bond motifs is 3. The van der Waals surface area contributed by atoms with E-state index in [4.69, 9.17) is 4.98 Å². The van der Waals surface area contributed by atoms with Crippen molar-refractivity contribution in [2.45, 2.75) is 13.8 Å². The molecule has 22 heavy (non-hydrogen) atoms. The smallest absolute Gasteiger partial charge is 0.227 e. The molecule has 2 aromatic heterocycles. The average molecular weight is 295 g/mol. The zero-order chi connectivity index (χ0) is 15.3. The number of rotatable bonds is 1. The lowest BCUT2D eigenvalue weighted by Crippen LogP contribution is -2.45. The van der Waals surface area contributed by atoms with Gasteiger partial charge in [0.1, 0.15) is 0 Å². The van der Waals surface area contributed by atoms with Crippen LogP contribution in [0, 0.1) is 13.8 Å². The molecule has 0 saturated carbocycles. The van der Waals surface area contributed by atoms with Crippen molar-refractivity contribution in [3.05, 3.63) is 35.5 Å². The standard InChI is InChI=1S/C17H21N5/c1-12-4-5-15-14(10-12)16-11-13(2)19-22(16)17(18-15)21-8-6-20(3)7-9-21/h4-5,10-11H,6-9H2,1-3H3. The van der Waals surface area contributed by atoms with E-state index in [1.807, 2.05) is 11.4 Å². The van der Waals surface area contributed by atoms with Crippen molar-refractivity contribution >= 4 is 22.4 Å². The molecule has 114 valence electrons. The van der Waals surface area contributed by atoms with Crippen molar-refractivity contribution < 1.29 is 0 Å². The van der Waals surface area contributed by atoms with Crippen molar-refractivity contribution in [2.75, 3.05) is 38.1 Å². The minimum Gasteiger partial charge on any atom is -0.338 e. The Hall–Kier alpha value is -2.14. The third-order valence-corrected chi connectivity index (χ3v) is 4.46. The van der Waals surface area contributed by atoms with Crippen molar-refractivity contribution in [1.29, 1.82) is 0 Å². The largest absolute Gasteiger partial charge is 0.338 e. The summed E-state index contributed by atoms with van der Waals surface area (Å²) in [7, 11) is 2.17. The summed E-state index contributed by atoms with van der Waals surface area (Å²) in [5.41, 5.74) is 4.49. The summed E-state index contributed by atoms with van der Waals surface area (Å²) in [6.07, 6.45) is 0. The van der Waals surface area contributed by atoms with E-state index in [0.29, 0.717) is 0 Å². The molecule has 3 heterocycles. The van der Waals surface area contributed by atoms with E-state index in [-0.39, 0.29) is 0 Å². The number of anilines is 1. The fraction of sp³-hybridized carbons (Fsp3) is 0.412. The lowest BCUT2D eigenvalue weighted by atomic mass is 10.1. The van der Waals surface area contributed by atoms with Crippen LogP contribution in [0.1, 0.15) is 11.3 Å². The molecule has 5 nitrogen and oxygen atoms in total. The number of aromatic nitrogens is 3. The first-order valence-electron chi connectivity index (χ1n) is 7.82. The molecule has 0 atom stereocenters. The summed E-state index contributed by atoms with van der Waals surface area (Å²) < 4.78 is 2.02. The summed E-state index contributed by atoms with van der Waals surface area (Å²) in [6, 6.07) is 8.60. The summed E-state index contributed by atoms with van der Waals surface area (Å²) >= 11 is 0. The summed E-state index contributed by atoms with van der Waals surface area (Å²) in [5.74, 6) is 0.965. The highest BCUT2D eigenvalue weighted by molar-refractivity contribution is 5.95. The molecule has 1 fully saturated rings. The summed E-state index contributed by atoms with van der Waals surface area (Å²) in [6.45, 7) is 8.28. The molecule has 1 aliphatic rings. The number of likely N-dealkylation sites (N-methyl/N-ethyl adjacent to an activating group) is 1. The first-order chi connectivity index (χ1) is 10.6. The first kappa shape index (κ1) is 13.5. The van der Waals surface area contributed by atoms with Crippen LogP contribution in [-0.2, 0) is 0 Å². The molecule has 1 aromatic carbocycles. The number of piperazine rings is 1. The monoisotopic (exact) mass is 295 g/mol. The van der Waals surface area contributed by atoms with Crippen LogP contribution in [0.4, 0.5) is 5.95 Å². The Kier molecular flexibility index (Phi) is 3.04. The molecule has 5 heteroatoms. The van der Waals surface area contributed by atoms with Crippen LogP contribution in [0.15, 0.2) is 24.3 Å². The highest BCUT2D eigenvalue weighted by atomic mass is 15.4. The van der Waals surface area contributed by atoms with Crippen molar-refractivity contribution in [2.24, 2.45) is 0 Å². The molecule has 1 aliphatic heterocycles.